The quantitative estimate of drug-likeness (QED) is 0.641. The molecule has 2 heteroatoms. The fourth-order valence-electron chi connectivity index (χ4n) is 1.56. The maximum Gasteiger partial charge on any atom is 0.105 e. The molecule has 1 aliphatic heterocycles. The van der Waals surface area contributed by atoms with Crippen LogP contribution in [0.5, 0.6) is 0 Å². The highest BCUT2D eigenvalue weighted by molar-refractivity contribution is 5.10. The molecular formula is C12H22N2. The van der Waals surface area contributed by atoms with Gasteiger partial charge in [0.1, 0.15) is 5.82 Å². The molecule has 0 bridgehead atoms. The molecule has 0 saturated carbocycles. The summed E-state index contributed by atoms with van der Waals surface area (Å²) in [6.07, 6.45) is 9.26. The lowest BCUT2D eigenvalue weighted by Crippen LogP contribution is -2.23. The first-order valence-corrected chi connectivity index (χ1v) is 5.70. The van der Waals surface area contributed by atoms with Gasteiger partial charge in [0.2, 0.25) is 0 Å². The van der Waals surface area contributed by atoms with Gasteiger partial charge in [-0.3, -0.25) is 0 Å². The van der Waals surface area contributed by atoms with E-state index in [0.717, 1.165) is 18.9 Å². The van der Waals surface area contributed by atoms with Crippen LogP contribution in [0.4, 0.5) is 0 Å². The topological polar surface area (TPSA) is 6.48 Å². The first-order valence-electron chi connectivity index (χ1n) is 5.70. The van der Waals surface area contributed by atoms with E-state index < -0.39 is 0 Å². The molecule has 1 aliphatic rings. The summed E-state index contributed by atoms with van der Waals surface area (Å²) < 4.78 is 0. The van der Waals surface area contributed by atoms with Gasteiger partial charge in [-0.15, -0.1) is 0 Å². The van der Waals surface area contributed by atoms with Gasteiger partial charge in [-0.25, -0.2) is 0 Å². The van der Waals surface area contributed by atoms with Gasteiger partial charge >= 0.3 is 0 Å². The minimum Gasteiger partial charge on any atom is -0.333 e. The Kier molecular flexibility index (Phi) is 4.57. The van der Waals surface area contributed by atoms with Crippen molar-refractivity contribution in [2.24, 2.45) is 0 Å². The van der Waals surface area contributed by atoms with Gasteiger partial charge in [0, 0.05) is 25.5 Å². The van der Waals surface area contributed by atoms with Crippen molar-refractivity contribution in [3.05, 3.63) is 24.8 Å². The van der Waals surface area contributed by atoms with Gasteiger partial charge < -0.3 is 9.80 Å². The summed E-state index contributed by atoms with van der Waals surface area (Å²) in [5.41, 5.74) is 0. The smallest absolute Gasteiger partial charge is 0.105 e. The molecule has 14 heavy (non-hydrogen) atoms. The summed E-state index contributed by atoms with van der Waals surface area (Å²) >= 11 is 0. The van der Waals surface area contributed by atoms with E-state index in [2.05, 4.69) is 42.6 Å². The Hall–Kier alpha value is -0.920. The van der Waals surface area contributed by atoms with Crippen molar-refractivity contribution in [2.45, 2.75) is 39.5 Å². The van der Waals surface area contributed by atoms with Crippen molar-refractivity contribution in [2.75, 3.05) is 13.1 Å². The summed E-state index contributed by atoms with van der Waals surface area (Å²) in [6.45, 7) is 10.8. The molecule has 0 aliphatic carbocycles. The van der Waals surface area contributed by atoms with Gasteiger partial charge in [-0.1, -0.05) is 33.3 Å². The van der Waals surface area contributed by atoms with Gasteiger partial charge in [-0.05, 0) is 12.8 Å². The molecule has 2 nitrogen and oxygen atoms in total. The van der Waals surface area contributed by atoms with Crippen LogP contribution >= 0.6 is 0 Å². The second-order valence-corrected chi connectivity index (χ2v) is 3.81. The Morgan fingerprint density at radius 1 is 1.00 bits per heavy atom. The molecule has 0 spiro atoms. The Balaban J connectivity index is 2.32. The average Bonchev–Trinajstić information content (AvgIpc) is 2.54. The second-order valence-electron chi connectivity index (χ2n) is 3.81. The fraction of sp³-hybridized carbons (Fsp3) is 0.667. The molecule has 0 aromatic rings. The lowest BCUT2D eigenvalue weighted by atomic mass is 10.3. The van der Waals surface area contributed by atoms with Crippen LogP contribution in [0, 0.1) is 0 Å². The van der Waals surface area contributed by atoms with Crippen LogP contribution in [0.3, 0.4) is 0 Å². The summed E-state index contributed by atoms with van der Waals surface area (Å²) in [6, 6.07) is 0. The third-order valence-electron chi connectivity index (χ3n) is 2.59. The maximum absolute atomic E-state index is 4.11. The van der Waals surface area contributed by atoms with E-state index in [1.807, 2.05) is 0 Å². The molecular weight excluding hydrogens is 172 g/mol. The van der Waals surface area contributed by atoms with Crippen LogP contribution in [-0.2, 0) is 0 Å². The molecule has 80 valence electrons. The summed E-state index contributed by atoms with van der Waals surface area (Å²) in [5, 5.41) is 0. The molecule has 1 rings (SSSR count). The molecule has 0 N–H and O–H groups in total. The predicted molar refractivity (Wildman–Crippen MR) is 61.5 cm³/mol. The van der Waals surface area contributed by atoms with Gasteiger partial charge in [0.05, 0.1) is 0 Å². The lowest BCUT2D eigenvalue weighted by molar-refractivity contribution is 0.350. The second kappa shape index (κ2) is 5.74. The molecule has 0 saturated heterocycles. The minimum atomic E-state index is 1.11. The van der Waals surface area contributed by atoms with Crippen LogP contribution in [0.25, 0.3) is 0 Å². The van der Waals surface area contributed by atoms with E-state index in [4.69, 9.17) is 0 Å². The Labute approximate surface area is 87.9 Å². The molecule has 0 aromatic carbocycles. The average molecular weight is 194 g/mol. The zero-order valence-electron chi connectivity index (χ0n) is 9.50. The van der Waals surface area contributed by atoms with Gasteiger partial charge in [0.15, 0.2) is 0 Å². The van der Waals surface area contributed by atoms with Crippen LogP contribution in [-0.4, -0.2) is 22.9 Å². The van der Waals surface area contributed by atoms with E-state index in [-0.39, 0.29) is 0 Å². The zero-order valence-corrected chi connectivity index (χ0v) is 9.50. The standard InChI is InChI=1S/C12H22N2/c1-4-6-8-13-10-11-14(12(13)3)9-7-5-2/h10-11H,3-9H2,1-2H3. The van der Waals surface area contributed by atoms with E-state index in [9.17, 15) is 0 Å². The van der Waals surface area contributed by atoms with Crippen molar-refractivity contribution in [1.29, 1.82) is 0 Å². The molecule has 0 unspecified atom stereocenters. The summed E-state index contributed by atoms with van der Waals surface area (Å²) in [7, 11) is 0. The Bertz CT molecular complexity index is 188. The monoisotopic (exact) mass is 194 g/mol. The predicted octanol–water partition coefficient (Wildman–Crippen LogP) is 3.15. The SMILES string of the molecule is C=C1N(CCCC)C=CN1CCCC. The van der Waals surface area contributed by atoms with Crippen molar-refractivity contribution in [3.63, 3.8) is 0 Å². The van der Waals surface area contributed by atoms with E-state index >= 15 is 0 Å². The van der Waals surface area contributed by atoms with Crippen LogP contribution in [0.15, 0.2) is 24.8 Å². The van der Waals surface area contributed by atoms with Crippen LogP contribution < -0.4 is 0 Å². The zero-order chi connectivity index (χ0) is 10.4. The fourth-order valence-corrected chi connectivity index (χ4v) is 1.56. The van der Waals surface area contributed by atoms with Crippen LogP contribution in [0.1, 0.15) is 39.5 Å². The largest absolute Gasteiger partial charge is 0.333 e. The molecule has 1 heterocycles. The number of hydrogen-bond acceptors (Lipinski definition) is 2. The molecule has 0 fully saturated rings. The normalized spacial score (nSPS) is 15.7. The van der Waals surface area contributed by atoms with Crippen molar-refractivity contribution < 1.29 is 0 Å². The van der Waals surface area contributed by atoms with E-state index in [1.165, 1.54) is 25.7 Å². The number of hydrogen-bond donors (Lipinski definition) is 0. The molecule has 0 aromatic heterocycles. The molecule has 0 atom stereocenters. The summed E-state index contributed by atoms with van der Waals surface area (Å²) in [5.74, 6) is 1.15. The highest BCUT2D eigenvalue weighted by atomic mass is 15.4. The first-order chi connectivity index (χ1) is 6.79. The third kappa shape index (κ3) is 2.79. The third-order valence-corrected chi connectivity index (χ3v) is 2.59. The Morgan fingerprint density at radius 3 is 1.79 bits per heavy atom. The highest BCUT2D eigenvalue weighted by Gasteiger charge is 2.15. The lowest BCUT2D eigenvalue weighted by Gasteiger charge is -2.23. The maximum atomic E-state index is 4.11. The molecule has 0 radical (unpaired) electrons. The summed E-state index contributed by atoms with van der Waals surface area (Å²) in [4.78, 5) is 4.50. The van der Waals surface area contributed by atoms with E-state index in [0.29, 0.717) is 0 Å². The Morgan fingerprint density at radius 2 is 1.43 bits per heavy atom. The highest BCUT2D eigenvalue weighted by Crippen LogP contribution is 2.18. The van der Waals surface area contributed by atoms with Crippen molar-refractivity contribution >= 4 is 0 Å². The van der Waals surface area contributed by atoms with Crippen LogP contribution in [0.2, 0.25) is 0 Å². The van der Waals surface area contributed by atoms with Crippen molar-refractivity contribution in [3.8, 4) is 0 Å². The van der Waals surface area contributed by atoms with Gasteiger partial charge in [-0.2, -0.15) is 0 Å². The number of unbranched alkanes of at least 4 members (excludes halogenated alkanes) is 2. The van der Waals surface area contributed by atoms with E-state index in [1.54, 1.807) is 0 Å². The first kappa shape index (κ1) is 11.2. The van der Waals surface area contributed by atoms with Gasteiger partial charge in [0.25, 0.3) is 0 Å². The van der Waals surface area contributed by atoms with Crippen molar-refractivity contribution in [1.82, 2.24) is 9.80 Å². The minimum absolute atomic E-state index is 1.11. The number of rotatable bonds is 6. The molecule has 0 amide bonds. The number of nitrogens with zero attached hydrogens (tertiary/aromatic N) is 2.